The lowest BCUT2D eigenvalue weighted by atomic mass is 9.99. The fourth-order valence-corrected chi connectivity index (χ4v) is 3.44. The number of carbonyl (C=O) groups excluding carboxylic acids is 1. The van der Waals surface area contributed by atoms with E-state index in [4.69, 9.17) is 28.5 Å². The molecule has 142 valence electrons. The Kier molecular flexibility index (Phi) is 4.14. The Labute approximate surface area is 144 Å². The smallest absolute Gasteiger partial charge is 0.335 e. The third-order valence-corrected chi connectivity index (χ3v) is 4.36. The average Bonchev–Trinajstić information content (AvgIpc) is 3.06. The molecule has 1 amide bonds. The third-order valence-electron chi connectivity index (χ3n) is 4.36. The minimum Gasteiger partial charge on any atom is -0.479 e. The van der Waals surface area contributed by atoms with Crippen LogP contribution in [-0.4, -0.2) is 78.0 Å². The lowest BCUT2D eigenvalue weighted by molar-refractivity contribution is -0.299. The molecule has 0 saturated carbocycles. The largest absolute Gasteiger partial charge is 0.479 e. The zero-order valence-electron chi connectivity index (χ0n) is 15.0. The number of hydrogen-bond donors (Lipinski definition) is 1. The van der Waals surface area contributed by atoms with Gasteiger partial charge in [-0.25, -0.2) is 9.86 Å². The predicted molar refractivity (Wildman–Crippen MR) is 78.9 cm³/mol. The third kappa shape index (κ3) is 2.82. The van der Waals surface area contributed by atoms with Crippen LogP contribution in [0.4, 0.5) is 0 Å². The molecule has 25 heavy (non-hydrogen) atoms. The van der Waals surface area contributed by atoms with Crippen molar-refractivity contribution >= 4 is 11.9 Å². The quantitative estimate of drug-likeness (QED) is 0.686. The highest BCUT2D eigenvalue weighted by atomic mass is 16.9. The molecule has 0 aromatic carbocycles. The van der Waals surface area contributed by atoms with Crippen LogP contribution >= 0.6 is 0 Å². The SMILES string of the molecule is CON(C)C(=O)C1OC(C)(C)OC12O[C@H](C(=O)O)[C@H]1OC(C)(C)O[C@H]12. The summed E-state index contributed by atoms with van der Waals surface area (Å²) in [5.74, 6) is -5.87. The van der Waals surface area contributed by atoms with Gasteiger partial charge >= 0.3 is 5.97 Å². The summed E-state index contributed by atoms with van der Waals surface area (Å²) in [6.07, 6.45) is -4.58. The van der Waals surface area contributed by atoms with Crippen molar-refractivity contribution in [1.82, 2.24) is 5.06 Å². The summed E-state index contributed by atoms with van der Waals surface area (Å²) < 4.78 is 28.9. The number of amides is 1. The summed E-state index contributed by atoms with van der Waals surface area (Å²) in [5, 5.41) is 10.5. The maximum atomic E-state index is 12.7. The molecular formula is C15H23NO9. The Morgan fingerprint density at radius 1 is 1.04 bits per heavy atom. The van der Waals surface area contributed by atoms with Crippen LogP contribution in [0.25, 0.3) is 0 Å². The summed E-state index contributed by atoms with van der Waals surface area (Å²) in [6, 6.07) is 0. The molecule has 0 aromatic rings. The molecule has 1 N–H and O–H groups in total. The highest BCUT2D eigenvalue weighted by Crippen LogP contribution is 2.52. The molecule has 10 nitrogen and oxygen atoms in total. The van der Waals surface area contributed by atoms with Crippen molar-refractivity contribution in [3.63, 3.8) is 0 Å². The van der Waals surface area contributed by atoms with Crippen LogP contribution < -0.4 is 0 Å². The molecule has 3 saturated heterocycles. The Morgan fingerprint density at radius 2 is 1.68 bits per heavy atom. The van der Waals surface area contributed by atoms with Crippen LogP contribution in [0.2, 0.25) is 0 Å². The highest BCUT2D eigenvalue weighted by Gasteiger charge is 2.74. The van der Waals surface area contributed by atoms with E-state index in [2.05, 4.69) is 0 Å². The zero-order chi connectivity index (χ0) is 18.8. The van der Waals surface area contributed by atoms with Gasteiger partial charge in [0.1, 0.15) is 12.2 Å². The molecule has 3 rings (SSSR count). The van der Waals surface area contributed by atoms with Crippen molar-refractivity contribution in [2.24, 2.45) is 0 Å². The van der Waals surface area contributed by atoms with Crippen molar-refractivity contribution < 1.29 is 43.2 Å². The van der Waals surface area contributed by atoms with Gasteiger partial charge in [-0.3, -0.25) is 9.63 Å². The van der Waals surface area contributed by atoms with Crippen LogP contribution in [0.15, 0.2) is 0 Å². The van der Waals surface area contributed by atoms with Crippen LogP contribution in [0.3, 0.4) is 0 Å². The standard InChI is InChI=1S/C15H23NO9/c1-13(2)21-7-8(12(18)19)22-15(9(7)23-13)10(11(17)16(5)20-6)24-14(3,4)25-15/h7-10H,1-6H3,(H,18,19)/t7-,8+,9-,10?,15?/m1/s1. The maximum absolute atomic E-state index is 12.7. The van der Waals surface area contributed by atoms with Gasteiger partial charge in [-0.1, -0.05) is 0 Å². The number of ether oxygens (including phenoxy) is 5. The fraction of sp³-hybridized carbons (Fsp3) is 0.867. The van der Waals surface area contributed by atoms with Crippen molar-refractivity contribution in [3.8, 4) is 0 Å². The van der Waals surface area contributed by atoms with E-state index in [1.54, 1.807) is 27.7 Å². The number of nitrogens with zero attached hydrogens (tertiary/aromatic N) is 1. The van der Waals surface area contributed by atoms with E-state index in [0.29, 0.717) is 0 Å². The van der Waals surface area contributed by atoms with E-state index < -0.39 is 53.7 Å². The number of aliphatic carboxylic acids is 1. The minimum atomic E-state index is -1.77. The number of carboxylic acids is 1. The Hall–Kier alpha value is -1.30. The lowest BCUT2D eigenvalue weighted by Crippen LogP contribution is -2.56. The molecule has 1 spiro atoms. The summed E-state index contributed by atoms with van der Waals surface area (Å²) in [6.45, 7) is 6.50. The molecule has 3 heterocycles. The number of hydroxylamine groups is 2. The molecule has 10 heteroatoms. The minimum absolute atomic E-state index is 0.592. The molecule has 3 fully saturated rings. The molecule has 2 unspecified atom stereocenters. The van der Waals surface area contributed by atoms with E-state index in [1.807, 2.05) is 0 Å². The number of rotatable bonds is 3. The Morgan fingerprint density at radius 3 is 2.24 bits per heavy atom. The monoisotopic (exact) mass is 361 g/mol. The predicted octanol–water partition coefficient (Wildman–Crippen LogP) is -0.142. The van der Waals surface area contributed by atoms with Gasteiger partial charge in [-0.15, -0.1) is 0 Å². The first kappa shape index (κ1) is 18.5. The van der Waals surface area contributed by atoms with Crippen LogP contribution in [0.1, 0.15) is 27.7 Å². The molecular weight excluding hydrogens is 338 g/mol. The van der Waals surface area contributed by atoms with Crippen LogP contribution in [0, 0.1) is 0 Å². The van der Waals surface area contributed by atoms with Gasteiger partial charge in [-0.2, -0.15) is 0 Å². The molecule has 0 bridgehead atoms. The van der Waals surface area contributed by atoms with Crippen molar-refractivity contribution in [3.05, 3.63) is 0 Å². The maximum Gasteiger partial charge on any atom is 0.335 e. The Balaban J connectivity index is 2.04. The summed E-state index contributed by atoms with van der Waals surface area (Å²) in [4.78, 5) is 29.3. The summed E-state index contributed by atoms with van der Waals surface area (Å²) >= 11 is 0. The molecule has 5 atom stereocenters. The van der Waals surface area contributed by atoms with Gasteiger partial charge in [-0.05, 0) is 27.7 Å². The van der Waals surface area contributed by atoms with Crippen molar-refractivity contribution in [1.29, 1.82) is 0 Å². The number of carbonyl (C=O) groups is 2. The van der Waals surface area contributed by atoms with Crippen LogP contribution in [0.5, 0.6) is 0 Å². The first-order valence-corrected chi connectivity index (χ1v) is 7.88. The van der Waals surface area contributed by atoms with Gasteiger partial charge in [0.05, 0.1) is 7.11 Å². The second kappa shape index (κ2) is 5.60. The van der Waals surface area contributed by atoms with Crippen molar-refractivity contribution in [2.45, 2.75) is 69.5 Å². The molecule has 0 aromatic heterocycles. The zero-order valence-corrected chi connectivity index (χ0v) is 15.0. The van der Waals surface area contributed by atoms with E-state index >= 15 is 0 Å². The fourth-order valence-electron chi connectivity index (χ4n) is 3.44. The molecule has 0 radical (unpaired) electrons. The second-order valence-corrected chi connectivity index (χ2v) is 7.14. The van der Waals surface area contributed by atoms with Gasteiger partial charge in [0, 0.05) is 7.05 Å². The first-order valence-electron chi connectivity index (χ1n) is 7.88. The molecule has 3 aliphatic rings. The van der Waals surface area contributed by atoms with E-state index in [-0.39, 0.29) is 0 Å². The van der Waals surface area contributed by atoms with Gasteiger partial charge < -0.3 is 28.8 Å². The van der Waals surface area contributed by atoms with E-state index in [0.717, 1.165) is 5.06 Å². The lowest BCUT2D eigenvalue weighted by Gasteiger charge is -2.33. The second-order valence-electron chi connectivity index (χ2n) is 7.14. The van der Waals surface area contributed by atoms with Gasteiger partial charge in [0.2, 0.25) is 5.79 Å². The van der Waals surface area contributed by atoms with Crippen molar-refractivity contribution in [2.75, 3.05) is 14.2 Å². The number of carboxylic acid groups (broad SMARTS) is 1. The number of hydrogen-bond acceptors (Lipinski definition) is 8. The molecule has 0 aliphatic carbocycles. The molecule has 3 aliphatic heterocycles. The topological polar surface area (TPSA) is 113 Å². The van der Waals surface area contributed by atoms with Gasteiger partial charge in [0.15, 0.2) is 23.8 Å². The van der Waals surface area contributed by atoms with Crippen LogP contribution in [-0.2, 0) is 38.1 Å². The number of fused-ring (bicyclic) bond motifs is 2. The number of likely N-dealkylation sites (N-methyl/N-ethyl adjacent to an activating group) is 1. The summed E-state index contributed by atoms with van der Waals surface area (Å²) in [7, 11) is 2.73. The average molecular weight is 361 g/mol. The first-order chi connectivity index (χ1) is 11.4. The highest BCUT2D eigenvalue weighted by molar-refractivity contribution is 5.82. The van der Waals surface area contributed by atoms with E-state index in [1.165, 1.54) is 14.2 Å². The Bertz CT molecular complexity index is 592. The van der Waals surface area contributed by atoms with E-state index in [9.17, 15) is 14.7 Å². The van der Waals surface area contributed by atoms with Gasteiger partial charge in [0.25, 0.3) is 5.91 Å². The summed E-state index contributed by atoms with van der Waals surface area (Å²) in [5.41, 5.74) is 0. The normalized spacial score (nSPS) is 41.0.